The summed E-state index contributed by atoms with van der Waals surface area (Å²) in [5.74, 6) is -4.30. The van der Waals surface area contributed by atoms with Gasteiger partial charge in [0.25, 0.3) is 5.69 Å². The topological polar surface area (TPSA) is 228 Å². The molecule has 2 unspecified atom stereocenters. The Balaban J connectivity index is 2.96. The summed E-state index contributed by atoms with van der Waals surface area (Å²) in [5.41, 5.74) is 11.1. The van der Waals surface area contributed by atoms with Crippen LogP contribution in [-0.2, 0) is 19.2 Å². The van der Waals surface area contributed by atoms with E-state index in [1.54, 1.807) is 0 Å². The fraction of sp³-hybridized carbons (Fsp3) is 0.333. The summed E-state index contributed by atoms with van der Waals surface area (Å²) in [5, 5.41) is 33.4. The average molecular weight is 469 g/mol. The molecule has 0 aliphatic heterocycles. The first-order valence-electron chi connectivity index (χ1n) is 9.05. The van der Waals surface area contributed by atoms with Crippen LogP contribution in [0.15, 0.2) is 29.7 Å². The third kappa shape index (κ3) is 8.61. The molecule has 1 aromatic carbocycles. The van der Waals surface area contributed by atoms with Crippen molar-refractivity contribution in [2.75, 3.05) is 12.3 Å². The van der Waals surface area contributed by atoms with E-state index in [0.717, 1.165) is 11.8 Å². The molecule has 0 aliphatic carbocycles. The number of benzene rings is 1. The number of amides is 2. The molecule has 2 amide bonds. The zero-order chi connectivity index (χ0) is 24.4. The molecule has 1 aromatic rings. The molecule has 32 heavy (non-hydrogen) atoms. The number of nitrogens with two attached hydrogens (primary N) is 2. The third-order valence-electron chi connectivity index (χ3n) is 4.00. The molecule has 0 aliphatic rings. The second-order valence-electron chi connectivity index (χ2n) is 6.49. The highest BCUT2D eigenvalue weighted by Gasteiger charge is 2.24. The number of nitrogens with one attached hydrogen (secondary N) is 2. The lowest BCUT2D eigenvalue weighted by Crippen LogP contribution is -2.49. The molecule has 0 aromatic heterocycles. The normalized spacial score (nSPS) is 12.3. The van der Waals surface area contributed by atoms with Gasteiger partial charge in [-0.2, -0.15) is 0 Å². The molecule has 0 radical (unpaired) electrons. The van der Waals surface area contributed by atoms with Gasteiger partial charge in [0.2, 0.25) is 11.8 Å². The van der Waals surface area contributed by atoms with Crippen LogP contribution >= 0.6 is 11.8 Å². The van der Waals surface area contributed by atoms with E-state index in [1.807, 2.05) is 0 Å². The summed E-state index contributed by atoms with van der Waals surface area (Å²) in [7, 11) is 0. The molecule has 0 fully saturated rings. The number of carbonyl (C=O) groups is 4. The van der Waals surface area contributed by atoms with Crippen molar-refractivity contribution in [3.8, 4) is 0 Å². The van der Waals surface area contributed by atoms with Crippen molar-refractivity contribution >= 4 is 46.9 Å². The van der Waals surface area contributed by atoms with E-state index in [4.69, 9.17) is 21.7 Å². The summed E-state index contributed by atoms with van der Waals surface area (Å²) in [6.45, 7) is 2.81. The van der Waals surface area contributed by atoms with Crippen LogP contribution in [0, 0.1) is 10.1 Å². The number of thioether (sulfide) groups is 1. The number of carboxylic acids is 2. The number of carboxylic acid groups (broad SMARTS) is 2. The first-order valence-corrected chi connectivity index (χ1v) is 10.0. The third-order valence-corrected chi connectivity index (χ3v) is 5.15. The minimum atomic E-state index is -1.31. The van der Waals surface area contributed by atoms with Crippen LogP contribution in [0.2, 0.25) is 0 Å². The maximum Gasteiger partial charge on any atom is 0.322 e. The van der Waals surface area contributed by atoms with Crippen molar-refractivity contribution in [1.82, 2.24) is 10.6 Å². The zero-order valence-electron chi connectivity index (χ0n) is 16.8. The molecule has 0 saturated heterocycles. The van der Waals surface area contributed by atoms with Gasteiger partial charge in [-0.1, -0.05) is 12.6 Å². The highest BCUT2D eigenvalue weighted by atomic mass is 32.2. The Bertz CT molecular complexity index is 923. The Morgan fingerprint density at radius 2 is 1.91 bits per heavy atom. The minimum Gasteiger partial charge on any atom is -0.480 e. The second-order valence-corrected chi connectivity index (χ2v) is 7.55. The molecular formula is C18H23N5O8S. The van der Waals surface area contributed by atoms with Gasteiger partial charge in [-0.15, -0.1) is 11.8 Å². The quantitative estimate of drug-likeness (QED) is 0.122. The molecule has 13 nitrogen and oxygen atoms in total. The number of hydrogen-bond donors (Lipinski definition) is 6. The second kappa shape index (κ2) is 12.3. The minimum absolute atomic E-state index is 0.127. The highest BCUT2D eigenvalue weighted by molar-refractivity contribution is 7.99. The fourth-order valence-corrected chi connectivity index (χ4v) is 3.33. The van der Waals surface area contributed by atoms with Crippen LogP contribution in [0.3, 0.4) is 0 Å². The summed E-state index contributed by atoms with van der Waals surface area (Å²) < 4.78 is 0. The van der Waals surface area contributed by atoms with Crippen LogP contribution in [0.4, 0.5) is 5.69 Å². The molecule has 0 bridgehead atoms. The number of nitro benzene ring substituents is 1. The molecule has 174 valence electrons. The lowest BCUT2D eigenvalue weighted by molar-refractivity contribution is -0.387. The first kappa shape index (κ1) is 26.4. The number of hydrogen-bond acceptors (Lipinski definition) is 9. The van der Waals surface area contributed by atoms with Crippen molar-refractivity contribution in [3.63, 3.8) is 0 Å². The van der Waals surface area contributed by atoms with E-state index in [9.17, 15) is 29.3 Å². The van der Waals surface area contributed by atoms with E-state index in [2.05, 4.69) is 17.2 Å². The van der Waals surface area contributed by atoms with Crippen LogP contribution in [-0.4, -0.2) is 63.3 Å². The number of carbonyl (C=O) groups excluding carboxylic acids is 2. The fourth-order valence-electron chi connectivity index (χ4n) is 2.30. The van der Waals surface area contributed by atoms with Crippen molar-refractivity contribution < 1.29 is 34.3 Å². The smallest absolute Gasteiger partial charge is 0.322 e. The van der Waals surface area contributed by atoms with Crippen molar-refractivity contribution in [1.29, 1.82) is 0 Å². The predicted octanol–water partition coefficient (Wildman–Crippen LogP) is -0.506. The van der Waals surface area contributed by atoms with Gasteiger partial charge in [0.1, 0.15) is 18.6 Å². The molecule has 0 saturated carbocycles. The largest absolute Gasteiger partial charge is 0.480 e. The molecule has 1 rings (SSSR count). The summed E-state index contributed by atoms with van der Waals surface area (Å²) in [6, 6.07) is 1.61. The van der Waals surface area contributed by atoms with Crippen molar-refractivity contribution in [2.24, 2.45) is 11.5 Å². The van der Waals surface area contributed by atoms with Gasteiger partial charge in [0.15, 0.2) is 0 Å². The number of nitro groups is 1. The molecule has 0 spiro atoms. The van der Waals surface area contributed by atoms with E-state index in [1.165, 1.54) is 18.2 Å². The van der Waals surface area contributed by atoms with Gasteiger partial charge in [0, 0.05) is 29.5 Å². The Hall–Kier alpha value is -3.65. The summed E-state index contributed by atoms with van der Waals surface area (Å²) in [4.78, 5) is 56.8. The first-order chi connectivity index (χ1) is 14.9. The average Bonchev–Trinajstić information content (AvgIpc) is 2.72. The van der Waals surface area contributed by atoms with Crippen LogP contribution in [0.25, 0.3) is 5.70 Å². The van der Waals surface area contributed by atoms with Gasteiger partial charge in [-0.3, -0.25) is 29.3 Å². The number of nitrogens with zero attached hydrogens (tertiary/aromatic N) is 1. The maximum atomic E-state index is 12.3. The summed E-state index contributed by atoms with van der Waals surface area (Å²) >= 11 is 0.884. The lowest BCUT2D eigenvalue weighted by Gasteiger charge is -2.18. The number of aliphatic carboxylic acids is 2. The Labute approximate surface area is 186 Å². The predicted molar refractivity (Wildman–Crippen MR) is 114 cm³/mol. The van der Waals surface area contributed by atoms with Gasteiger partial charge < -0.3 is 32.3 Å². The van der Waals surface area contributed by atoms with Gasteiger partial charge in [-0.05, 0) is 12.5 Å². The van der Waals surface area contributed by atoms with Crippen LogP contribution in [0.5, 0.6) is 0 Å². The van der Waals surface area contributed by atoms with Gasteiger partial charge in [-0.25, -0.2) is 0 Å². The highest BCUT2D eigenvalue weighted by Crippen LogP contribution is 2.31. The van der Waals surface area contributed by atoms with Crippen LogP contribution < -0.4 is 22.1 Å². The SMILES string of the molecule is C=C(N)c1ccc(SCC(NC(=O)CCC(N)C(=O)O)C(=O)NCC(=O)O)c([N+](=O)[O-])c1. The Kier molecular flexibility index (Phi) is 10.1. The van der Waals surface area contributed by atoms with Gasteiger partial charge >= 0.3 is 11.9 Å². The zero-order valence-corrected chi connectivity index (χ0v) is 17.6. The van der Waals surface area contributed by atoms with Gasteiger partial charge in [0.05, 0.1) is 9.82 Å². The van der Waals surface area contributed by atoms with Crippen LogP contribution in [0.1, 0.15) is 18.4 Å². The lowest BCUT2D eigenvalue weighted by atomic mass is 10.1. The summed E-state index contributed by atoms with van der Waals surface area (Å²) in [6.07, 6.45) is -0.484. The Morgan fingerprint density at radius 3 is 2.44 bits per heavy atom. The molecule has 0 heterocycles. The molecule has 14 heteroatoms. The number of rotatable bonds is 13. The van der Waals surface area contributed by atoms with Crippen molar-refractivity contribution in [3.05, 3.63) is 40.5 Å². The maximum absolute atomic E-state index is 12.3. The monoisotopic (exact) mass is 469 g/mol. The van der Waals surface area contributed by atoms with E-state index in [0.29, 0.717) is 5.56 Å². The molecule has 2 atom stereocenters. The van der Waals surface area contributed by atoms with E-state index >= 15 is 0 Å². The van der Waals surface area contributed by atoms with E-state index < -0.39 is 47.3 Å². The Morgan fingerprint density at radius 1 is 1.25 bits per heavy atom. The molecule has 8 N–H and O–H groups in total. The van der Waals surface area contributed by atoms with E-state index in [-0.39, 0.29) is 34.9 Å². The van der Waals surface area contributed by atoms with Crippen molar-refractivity contribution in [2.45, 2.75) is 29.8 Å². The molecular weight excluding hydrogens is 446 g/mol. The standard InChI is InChI=1S/C18H23N5O8S/c1-9(19)10-2-4-14(13(6-10)23(30)31)32-8-12(17(27)21-7-16(25)26)22-15(24)5-3-11(20)18(28)29/h2,4,6,11-12H,1,3,5,7-8,19-20H2,(H,21,27)(H,22,24)(H,25,26)(H,28,29).